The van der Waals surface area contributed by atoms with Crippen molar-refractivity contribution in [1.82, 2.24) is 15.0 Å². The van der Waals surface area contributed by atoms with Gasteiger partial charge in [0.15, 0.2) is 14.8 Å². The van der Waals surface area contributed by atoms with Crippen molar-refractivity contribution in [1.29, 1.82) is 0 Å². The summed E-state index contributed by atoms with van der Waals surface area (Å²) in [6, 6.07) is -0.936. The van der Waals surface area contributed by atoms with Crippen LogP contribution in [0.4, 0.5) is 0 Å². The molecule has 15 heteroatoms. The van der Waals surface area contributed by atoms with Gasteiger partial charge in [0.1, 0.15) is 0 Å². The SMILES string of the molecule is O=c1nc(OCC([N+](=O)[O-])([N+](=O)[O-])[N+](=O)[O-])[nH]c(=O)[nH]1. The highest BCUT2D eigenvalue weighted by molar-refractivity contribution is 4.88. The molecule has 0 aliphatic heterocycles. The molecule has 0 saturated heterocycles. The minimum absolute atomic E-state index is 0.936. The Morgan fingerprint density at radius 1 is 1.05 bits per heavy atom. The highest BCUT2D eigenvalue weighted by Gasteiger charge is 2.71. The summed E-state index contributed by atoms with van der Waals surface area (Å²) in [7, 11) is 0. The average molecular weight is 292 g/mol. The molecule has 108 valence electrons. The minimum atomic E-state index is -3.89. The van der Waals surface area contributed by atoms with E-state index in [1.54, 1.807) is 9.97 Å². The first-order valence-corrected chi connectivity index (χ1v) is 4.47. The van der Waals surface area contributed by atoms with Crippen molar-refractivity contribution < 1.29 is 19.5 Å². The number of hydrogen-bond acceptors (Lipinski definition) is 10. The molecule has 20 heavy (non-hydrogen) atoms. The zero-order valence-corrected chi connectivity index (χ0v) is 9.17. The molecular weight excluding hydrogens is 288 g/mol. The predicted octanol–water partition coefficient (Wildman–Crippen LogP) is -2.68. The molecule has 2 N–H and O–H groups in total. The maximum atomic E-state index is 10.8. The van der Waals surface area contributed by atoms with Crippen molar-refractivity contribution in [2.45, 2.75) is 5.79 Å². The Morgan fingerprint density at radius 3 is 1.95 bits per heavy atom. The van der Waals surface area contributed by atoms with Crippen LogP contribution in [0.15, 0.2) is 9.59 Å². The van der Waals surface area contributed by atoms with Crippen LogP contribution in [0.1, 0.15) is 0 Å². The topological polar surface area (TPSA) is 217 Å². The molecule has 0 radical (unpaired) electrons. The normalized spacial score (nSPS) is 10.8. The van der Waals surface area contributed by atoms with Gasteiger partial charge in [0.05, 0.1) is 0 Å². The Labute approximate surface area is 105 Å². The Kier molecular flexibility index (Phi) is 3.73. The fourth-order valence-electron chi connectivity index (χ4n) is 0.965. The molecule has 1 aromatic rings. The van der Waals surface area contributed by atoms with E-state index < -0.39 is 44.6 Å². The van der Waals surface area contributed by atoms with Crippen LogP contribution in [-0.2, 0) is 0 Å². The first-order valence-electron chi connectivity index (χ1n) is 4.47. The maximum Gasteiger partial charge on any atom is 0.734 e. The molecule has 0 aliphatic rings. The van der Waals surface area contributed by atoms with E-state index in [1.807, 2.05) is 0 Å². The van der Waals surface area contributed by atoms with E-state index in [-0.39, 0.29) is 0 Å². The van der Waals surface area contributed by atoms with E-state index in [9.17, 15) is 39.9 Å². The second-order valence-corrected chi connectivity index (χ2v) is 3.14. The molecule has 1 rings (SSSR count). The van der Waals surface area contributed by atoms with E-state index in [4.69, 9.17) is 0 Å². The third-order valence-electron chi connectivity index (χ3n) is 1.92. The first kappa shape index (κ1) is 14.7. The molecule has 0 saturated carbocycles. The van der Waals surface area contributed by atoms with E-state index >= 15 is 0 Å². The second kappa shape index (κ2) is 5.08. The molecule has 15 nitrogen and oxygen atoms in total. The fourth-order valence-corrected chi connectivity index (χ4v) is 0.965. The van der Waals surface area contributed by atoms with Gasteiger partial charge in [0.25, 0.3) is 0 Å². The minimum Gasteiger partial charge on any atom is -0.440 e. The summed E-state index contributed by atoms with van der Waals surface area (Å²) >= 11 is 0. The molecule has 0 spiro atoms. The summed E-state index contributed by atoms with van der Waals surface area (Å²) in [5, 5.41) is 31.6. The number of aromatic amines is 2. The Morgan fingerprint density at radius 2 is 1.55 bits per heavy atom. The van der Waals surface area contributed by atoms with Crippen LogP contribution < -0.4 is 16.1 Å². The van der Waals surface area contributed by atoms with Crippen LogP contribution in [0, 0.1) is 30.3 Å². The zero-order valence-electron chi connectivity index (χ0n) is 9.17. The second-order valence-electron chi connectivity index (χ2n) is 3.14. The van der Waals surface area contributed by atoms with Gasteiger partial charge in [-0.3, -0.25) is 40.3 Å². The molecule has 0 aromatic carbocycles. The van der Waals surface area contributed by atoms with Gasteiger partial charge in [-0.25, -0.2) is 9.59 Å². The molecule has 0 atom stereocenters. The van der Waals surface area contributed by atoms with Gasteiger partial charge < -0.3 is 4.74 Å². The van der Waals surface area contributed by atoms with E-state index in [0.29, 0.717) is 0 Å². The highest BCUT2D eigenvalue weighted by atomic mass is 16.7. The molecule has 0 unspecified atom stereocenters. The zero-order chi connectivity index (χ0) is 15.5. The van der Waals surface area contributed by atoms with Gasteiger partial charge in [-0.05, 0) is 0 Å². The number of ether oxygens (including phenoxy) is 1. The molecular formula is C5H4N6O9. The third kappa shape index (κ3) is 2.54. The number of hydrogen-bond donors (Lipinski definition) is 2. The third-order valence-corrected chi connectivity index (χ3v) is 1.92. The Bertz CT molecular complexity index is 610. The van der Waals surface area contributed by atoms with Crippen LogP contribution >= 0.6 is 0 Å². The molecule has 0 amide bonds. The van der Waals surface area contributed by atoms with Crippen LogP contribution in [0.5, 0.6) is 6.01 Å². The smallest absolute Gasteiger partial charge is 0.440 e. The summed E-state index contributed by atoms with van der Waals surface area (Å²) in [6.07, 6.45) is 0. The van der Waals surface area contributed by atoms with Crippen molar-refractivity contribution in [2.75, 3.05) is 6.61 Å². The standard InChI is InChI=1S/C5H4N6O9/c12-2-6-3(13)8-4(7-2)20-1-5(9(14)15,10(16)17)11(18)19/h1H2,(H2,6,7,8,12,13). The first-order chi connectivity index (χ1) is 9.20. The number of nitrogens with one attached hydrogen (secondary N) is 2. The fraction of sp³-hybridized carbons (Fsp3) is 0.400. The molecule has 0 fully saturated rings. The van der Waals surface area contributed by atoms with E-state index in [1.165, 1.54) is 0 Å². The summed E-state index contributed by atoms with van der Waals surface area (Å²) in [5.41, 5.74) is -2.33. The largest absolute Gasteiger partial charge is 0.734 e. The van der Waals surface area contributed by atoms with Gasteiger partial charge >= 0.3 is 29.8 Å². The molecule has 1 aromatic heterocycles. The van der Waals surface area contributed by atoms with Gasteiger partial charge in [0, 0.05) is 0 Å². The summed E-state index contributed by atoms with van der Waals surface area (Å²) in [6.45, 7) is -1.69. The van der Waals surface area contributed by atoms with Crippen molar-refractivity contribution in [3.8, 4) is 6.01 Å². The quantitative estimate of drug-likeness (QED) is 0.314. The number of nitrogens with zero attached hydrogens (tertiary/aromatic N) is 4. The van der Waals surface area contributed by atoms with Crippen LogP contribution in [-0.4, -0.2) is 42.1 Å². The number of H-pyrrole nitrogens is 2. The van der Waals surface area contributed by atoms with Crippen molar-refractivity contribution >= 4 is 0 Å². The summed E-state index contributed by atoms with van der Waals surface area (Å²) in [4.78, 5) is 54.2. The lowest BCUT2D eigenvalue weighted by Crippen LogP contribution is -2.57. The van der Waals surface area contributed by atoms with Gasteiger partial charge in [-0.2, -0.15) is 0 Å². The van der Waals surface area contributed by atoms with Gasteiger partial charge in [0.2, 0.25) is 0 Å². The van der Waals surface area contributed by atoms with E-state index in [0.717, 1.165) is 0 Å². The van der Waals surface area contributed by atoms with Crippen molar-refractivity contribution in [2.24, 2.45) is 0 Å². The van der Waals surface area contributed by atoms with Crippen LogP contribution in [0.2, 0.25) is 0 Å². The van der Waals surface area contributed by atoms with Gasteiger partial charge in [-0.1, -0.05) is 0 Å². The molecule has 0 bridgehead atoms. The van der Waals surface area contributed by atoms with Crippen LogP contribution in [0.25, 0.3) is 0 Å². The lowest BCUT2D eigenvalue weighted by Gasteiger charge is -2.08. The lowest BCUT2D eigenvalue weighted by molar-refractivity contribution is -0.969. The summed E-state index contributed by atoms with van der Waals surface area (Å²) < 4.78 is 4.31. The van der Waals surface area contributed by atoms with Crippen molar-refractivity contribution in [3.05, 3.63) is 51.3 Å². The average Bonchev–Trinajstić information content (AvgIpc) is 2.26. The number of nitro groups is 3. The monoisotopic (exact) mass is 292 g/mol. The summed E-state index contributed by atoms with van der Waals surface area (Å²) in [5.74, 6) is -3.89. The Hall–Kier alpha value is -3.39. The maximum absolute atomic E-state index is 10.8. The molecule has 1 heterocycles. The lowest BCUT2D eigenvalue weighted by atomic mass is 10.4. The van der Waals surface area contributed by atoms with E-state index in [2.05, 4.69) is 9.72 Å². The highest BCUT2D eigenvalue weighted by Crippen LogP contribution is 2.13. The predicted molar refractivity (Wildman–Crippen MR) is 54.7 cm³/mol. The van der Waals surface area contributed by atoms with Gasteiger partial charge in [-0.15, -0.1) is 4.98 Å². The molecule has 0 aliphatic carbocycles. The Balaban J connectivity index is 3.12. The number of aromatic nitrogens is 3. The number of rotatable bonds is 6. The van der Waals surface area contributed by atoms with Crippen LogP contribution in [0.3, 0.4) is 0 Å². The van der Waals surface area contributed by atoms with Crippen molar-refractivity contribution in [3.63, 3.8) is 0 Å².